The van der Waals surface area contributed by atoms with Gasteiger partial charge in [0.05, 0.1) is 6.42 Å². The van der Waals surface area contributed by atoms with Gasteiger partial charge in [0, 0.05) is 12.0 Å². The van der Waals surface area contributed by atoms with Crippen LogP contribution >= 0.6 is 0 Å². The minimum absolute atomic E-state index is 0.0796. The van der Waals surface area contributed by atoms with E-state index in [-0.39, 0.29) is 30.4 Å². The molecule has 18 heavy (non-hydrogen) atoms. The third-order valence-corrected chi connectivity index (χ3v) is 2.45. The van der Waals surface area contributed by atoms with E-state index in [1.165, 1.54) is 12.1 Å². The predicted octanol–water partition coefficient (Wildman–Crippen LogP) is 2.20. The van der Waals surface area contributed by atoms with Crippen molar-refractivity contribution >= 4 is 5.97 Å². The van der Waals surface area contributed by atoms with Crippen LogP contribution in [0.4, 0.5) is 4.39 Å². The molecule has 1 aromatic carbocycles. The molecule has 0 unspecified atom stereocenters. The van der Waals surface area contributed by atoms with Gasteiger partial charge in [-0.1, -0.05) is 6.07 Å². The fourth-order valence-electron chi connectivity index (χ4n) is 1.50. The summed E-state index contributed by atoms with van der Waals surface area (Å²) < 4.78 is 18.4. The highest BCUT2D eigenvalue weighted by atomic mass is 19.1. The SMILES string of the molecule is Cc1ccc(F)cc1-c1nnc(CCC(=O)O)o1. The number of aromatic nitrogens is 2. The summed E-state index contributed by atoms with van der Waals surface area (Å²) in [6.45, 7) is 1.80. The highest BCUT2D eigenvalue weighted by Crippen LogP contribution is 2.23. The molecule has 2 aromatic rings. The molecule has 0 radical (unpaired) electrons. The van der Waals surface area contributed by atoms with Gasteiger partial charge in [-0.25, -0.2) is 4.39 Å². The first-order valence-corrected chi connectivity index (χ1v) is 5.37. The third kappa shape index (κ3) is 2.71. The zero-order valence-corrected chi connectivity index (χ0v) is 9.68. The maximum atomic E-state index is 13.1. The minimum atomic E-state index is -0.934. The molecule has 6 heteroatoms. The lowest BCUT2D eigenvalue weighted by Crippen LogP contribution is -1.97. The maximum absolute atomic E-state index is 13.1. The topological polar surface area (TPSA) is 76.2 Å². The van der Waals surface area contributed by atoms with Crippen LogP contribution in [0.5, 0.6) is 0 Å². The number of aliphatic carboxylic acids is 1. The van der Waals surface area contributed by atoms with Crippen LogP contribution < -0.4 is 0 Å². The molecule has 0 amide bonds. The van der Waals surface area contributed by atoms with Crippen LogP contribution in [0.15, 0.2) is 22.6 Å². The van der Waals surface area contributed by atoms with Crippen molar-refractivity contribution in [2.45, 2.75) is 19.8 Å². The van der Waals surface area contributed by atoms with Crippen LogP contribution in [-0.2, 0) is 11.2 Å². The zero-order valence-electron chi connectivity index (χ0n) is 9.68. The first-order valence-electron chi connectivity index (χ1n) is 5.37. The van der Waals surface area contributed by atoms with Gasteiger partial charge in [-0.3, -0.25) is 4.79 Å². The van der Waals surface area contributed by atoms with Crippen LogP contribution in [0.1, 0.15) is 17.9 Å². The van der Waals surface area contributed by atoms with Crippen molar-refractivity contribution in [2.75, 3.05) is 0 Å². The van der Waals surface area contributed by atoms with Crippen molar-refractivity contribution in [3.05, 3.63) is 35.5 Å². The number of halogens is 1. The van der Waals surface area contributed by atoms with E-state index < -0.39 is 5.97 Å². The van der Waals surface area contributed by atoms with E-state index in [0.29, 0.717) is 5.56 Å². The number of hydrogen-bond acceptors (Lipinski definition) is 4. The summed E-state index contributed by atoms with van der Waals surface area (Å²) in [7, 11) is 0. The normalized spacial score (nSPS) is 10.6. The lowest BCUT2D eigenvalue weighted by atomic mass is 10.1. The number of benzene rings is 1. The monoisotopic (exact) mass is 250 g/mol. The predicted molar refractivity (Wildman–Crippen MR) is 60.4 cm³/mol. The van der Waals surface area contributed by atoms with Gasteiger partial charge < -0.3 is 9.52 Å². The van der Waals surface area contributed by atoms with E-state index >= 15 is 0 Å². The molecule has 0 atom stereocenters. The van der Waals surface area contributed by atoms with Crippen molar-refractivity contribution in [3.63, 3.8) is 0 Å². The van der Waals surface area contributed by atoms with Crippen molar-refractivity contribution in [1.82, 2.24) is 10.2 Å². The van der Waals surface area contributed by atoms with E-state index in [9.17, 15) is 9.18 Å². The Labute approximate surface area is 102 Å². The van der Waals surface area contributed by atoms with Crippen molar-refractivity contribution in [1.29, 1.82) is 0 Å². The van der Waals surface area contributed by atoms with Gasteiger partial charge in [0.2, 0.25) is 11.8 Å². The van der Waals surface area contributed by atoms with E-state index in [4.69, 9.17) is 9.52 Å². The fraction of sp³-hybridized carbons (Fsp3) is 0.250. The van der Waals surface area contributed by atoms with E-state index in [1.54, 1.807) is 13.0 Å². The number of hydrogen-bond donors (Lipinski definition) is 1. The Balaban J connectivity index is 2.23. The standard InChI is InChI=1S/C12H11FN2O3/c1-7-2-3-8(13)6-9(7)12-15-14-10(18-12)4-5-11(16)17/h2-3,6H,4-5H2,1H3,(H,16,17). The first kappa shape index (κ1) is 12.2. The molecule has 5 nitrogen and oxygen atoms in total. The molecule has 1 aromatic heterocycles. The Kier molecular flexibility index (Phi) is 3.36. The van der Waals surface area contributed by atoms with Gasteiger partial charge >= 0.3 is 5.97 Å². The molecular formula is C12H11FN2O3. The van der Waals surface area contributed by atoms with Crippen molar-refractivity contribution in [2.24, 2.45) is 0 Å². The number of carboxylic acid groups (broad SMARTS) is 1. The molecule has 1 heterocycles. The third-order valence-electron chi connectivity index (χ3n) is 2.45. The summed E-state index contributed by atoms with van der Waals surface area (Å²) in [6, 6.07) is 4.27. The molecule has 0 aliphatic rings. The van der Waals surface area contributed by atoms with Gasteiger partial charge in [0.25, 0.3) is 0 Å². The molecule has 1 N–H and O–H groups in total. The highest BCUT2D eigenvalue weighted by molar-refractivity contribution is 5.66. The number of nitrogens with zero attached hydrogens (tertiary/aromatic N) is 2. The number of aryl methyl sites for hydroxylation is 2. The Morgan fingerprint density at radius 3 is 2.94 bits per heavy atom. The summed E-state index contributed by atoms with van der Waals surface area (Å²) in [5, 5.41) is 16.1. The second-order valence-corrected chi connectivity index (χ2v) is 3.85. The smallest absolute Gasteiger partial charge is 0.303 e. The number of carboxylic acids is 1. The summed E-state index contributed by atoms with van der Waals surface area (Å²) >= 11 is 0. The van der Waals surface area contributed by atoms with Gasteiger partial charge in [-0.2, -0.15) is 0 Å². The Bertz CT molecular complexity index is 580. The van der Waals surface area contributed by atoms with Gasteiger partial charge in [0.15, 0.2) is 0 Å². The number of carbonyl (C=O) groups is 1. The molecular weight excluding hydrogens is 239 g/mol. The zero-order chi connectivity index (χ0) is 13.1. The molecule has 0 bridgehead atoms. The summed E-state index contributed by atoms with van der Waals surface area (Å²) in [5.74, 6) is -0.888. The quantitative estimate of drug-likeness (QED) is 0.900. The van der Waals surface area contributed by atoms with Gasteiger partial charge in [-0.15, -0.1) is 10.2 Å². The van der Waals surface area contributed by atoms with Crippen molar-refractivity contribution in [3.8, 4) is 11.5 Å². The van der Waals surface area contributed by atoms with Gasteiger partial charge in [-0.05, 0) is 24.6 Å². The van der Waals surface area contributed by atoms with Crippen LogP contribution in [0.3, 0.4) is 0 Å². The van der Waals surface area contributed by atoms with Gasteiger partial charge in [0.1, 0.15) is 5.82 Å². The molecule has 0 aliphatic carbocycles. The molecule has 0 saturated heterocycles. The largest absolute Gasteiger partial charge is 0.481 e. The second-order valence-electron chi connectivity index (χ2n) is 3.85. The summed E-state index contributed by atoms with van der Waals surface area (Å²) in [6.07, 6.45) is 0.0838. The summed E-state index contributed by atoms with van der Waals surface area (Å²) in [4.78, 5) is 10.4. The fourth-order valence-corrected chi connectivity index (χ4v) is 1.50. The average molecular weight is 250 g/mol. The first-order chi connectivity index (χ1) is 8.56. The maximum Gasteiger partial charge on any atom is 0.303 e. The van der Waals surface area contributed by atoms with Crippen LogP contribution in [0.25, 0.3) is 11.5 Å². The van der Waals surface area contributed by atoms with E-state index in [1.807, 2.05) is 0 Å². The van der Waals surface area contributed by atoms with E-state index in [2.05, 4.69) is 10.2 Å². The minimum Gasteiger partial charge on any atom is -0.481 e. The van der Waals surface area contributed by atoms with E-state index in [0.717, 1.165) is 5.56 Å². The molecule has 0 aliphatic heterocycles. The van der Waals surface area contributed by atoms with Crippen molar-refractivity contribution < 1.29 is 18.7 Å². The summed E-state index contributed by atoms with van der Waals surface area (Å²) in [5.41, 5.74) is 1.33. The second kappa shape index (κ2) is 4.95. The molecule has 0 fully saturated rings. The van der Waals surface area contributed by atoms with Crippen LogP contribution in [0, 0.1) is 12.7 Å². The average Bonchev–Trinajstić information content (AvgIpc) is 2.78. The Morgan fingerprint density at radius 1 is 1.44 bits per heavy atom. The highest BCUT2D eigenvalue weighted by Gasteiger charge is 2.12. The molecule has 0 spiro atoms. The Morgan fingerprint density at radius 2 is 2.22 bits per heavy atom. The lowest BCUT2D eigenvalue weighted by Gasteiger charge is -2.00. The number of rotatable bonds is 4. The molecule has 94 valence electrons. The van der Waals surface area contributed by atoms with Crippen LogP contribution in [0.2, 0.25) is 0 Å². The molecule has 0 saturated carbocycles. The molecule has 2 rings (SSSR count). The Hall–Kier alpha value is -2.24. The lowest BCUT2D eigenvalue weighted by molar-refractivity contribution is -0.137. The van der Waals surface area contributed by atoms with Crippen LogP contribution in [-0.4, -0.2) is 21.3 Å².